The monoisotopic (exact) mass is 327 g/mol. The van der Waals surface area contributed by atoms with Gasteiger partial charge in [-0.1, -0.05) is 12.1 Å². The SMILES string of the molecule is O=C(CCCOc1ccccc1F)Nc1cnn(CC(F)F)c1. The minimum atomic E-state index is -2.51. The van der Waals surface area contributed by atoms with Crippen molar-refractivity contribution in [3.05, 3.63) is 42.5 Å². The third-order valence-electron chi connectivity index (χ3n) is 2.88. The zero-order chi connectivity index (χ0) is 16.7. The molecule has 0 saturated carbocycles. The first-order valence-electron chi connectivity index (χ1n) is 7.02. The summed E-state index contributed by atoms with van der Waals surface area (Å²) in [6, 6.07) is 6.01. The third kappa shape index (κ3) is 5.65. The van der Waals surface area contributed by atoms with Crippen LogP contribution in [0.3, 0.4) is 0 Å². The van der Waals surface area contributed by atoms with Crippen molar-refractivity contribution in [1.82, 2.24) is 9.78 Å². The summed E-state index contributed by atoms with van der Waals surface area (Å²) in [6.45, 7) is -0.328. The molecular weight excluding hydrogens is 311 g/mol. The Labute approximate surface area is 131 Å². The molecule has 0 aliphatic carbocycles. The molecule has 124 valence electrons. The smallest absolute Gasteiger partial charge is 0.257 e. The molecule has 1 amide bonds. The summed E-state index contributed by atoms with van der Waals surface area (Å²) in [4.78, 5) is 11.7. The van der Waals surface area contributed by atoms with E-state index in [0.29, 0.717) is 12.1 Å². The molecule has 1 N–H and O–H groups in total. The van der Waals surface area contributed by atoms with Crippen LogP contribution in [0.25, 0.3) is 0 Å². The van der Waals surface area contributed by atoms with Crippen molar-refractivity contribution in [1.29, 1.82) is 0 Å². The van der Waals surface area contributed by atoms with E-state index in [0.717, 1.165) is 4.68 Å². The fraction of sp³-hybridized carbons (Fsp3) is 0.333. The zero-order valence-corrected chi connectivity index (χ0v) is 12.2. The Morgan fingerprint density at radius 2 is 2.13 bits per heavy atom. The summed E-state index contributed by atoms with van der Waals surface area (Å²) in [5.41, 5.74) is 0.352. The van der Waals surface area contributed by atoms with Gasteiger partial charge in [0.2, 0.25) is 5.91 Å². The van der Waals surface area contributed by atoms with E-state index < -0.39 is 18.8 Å². The van der Waals surface area contributed by atoms with Crippen LogP contribution < -0.4 is 10.1 Å². The summed E-state index contributed by atoms with van der Waals surface area (Å²) in [5.74, 6) is -0.608. The van der Waals surface area contributed by atoms with E-state index in [9.17, 15) is 18.0 Å². The van der Waals surface area contributed by atoms with Crippen LogP contribution in [0.15, 0.2) is 36.7 Å². The predicted molar refractivity (Wildman–Crippen MR) is 78.0 cm³/mol. The molecule has 23 heavy (non-hydrogen) atoms. The van der Waals surface area contributed by atoms with Gasteiger partial charge in [-0.2, -0.15) is 5.10 Å². The zero-order valence-electron chi connectivity index (χ0n) is 12.2. The van der Waals surface area contributed by atoms with Crippen molar-refractivity contribution in [2.75, 3.05) is 11.9 Å². The van der Waals surface area contributed by atoms with Gasteiger partial charge in [-0.25, -0.2) is 13.2 Å². The van der Waals surface area contributed by atoms with Gasteiger partial charge in [0.1, 0.15) is 6.54 Å². The van der Waals surface area contributed by atoms with Gasteiger partial charge in [0.05, 0.1) is 18.5 Å². The normalized spacial score (nSPS) is 10.8. The average molecular weight is 327 g/mol. The molecule has 5 nitrogen and oxygen atoms in total. The number of anilines is 1. The van der Waals surface area contributed by atoms with Crippen LogP contribution in [-0.2, 0) is 11.3 Å². The molecule has 2 aromatic rings. The molecule has 0 fully saturated rings. The Morgan fingerprint density at radius 1 is 1.35 bits per heavy atom. The van der Waals surface area contributed by atoms with E-state index in [1.54, 1.807) is 12.1 Å². The number of carbonyl (C=O) groups excluding carboxylic acids is 1. The minimum Gasteiger partial charge on any atom is -0.491 e. The molecule has 2 rings (SSSR count). The van der Waals surface area contributed by atoms with Gasteiger partial charge >= 0.3 is 0 Å². The molecule has 0 atom stereocenters. The molecule has 0 aliphatic rings. The van der Waals surface area contributed by atoms with Crippen LogP contribution in [0.1, 0.15) is 12.8 Å². The quantitative estimate of drug-likeness (QED) is 0.758. The standard InChI is InChI=1S/C15H16F3N3O2/c16-12-4-1-2-5-13(12)23-7-3-6-15(22)20-11-8-19-21(9-11)10-14(17)18/h1-2,4-5,8-9,14H,3,6-7,10H2,(H,20,22). The van der Waals surface area contributed by atoms with Crippen LogP contribution in [0.2, 0.25) is 0 Å². The number of carbonyl (C=O) groups is 1. The summed E-state index contributed by atoms with van der Waals surface area (Å²) >= 11 is 0. The third-order valence-corrected chi connectivity index (χ3v) is 2.88. The Kier molecular flexibility index (Phi) is 6.02. The van der Waals surface area contributed by atoms with Crippen molar-refractivity contribution in [2.24, 2.45) is 0 Å². The number of nitrogens with one attached hydrogen (secondary N) is 1. The first-order valence-corrected chi connectivity index (χ1v) is 7.02. The highest BCUT2D eigenvalue weighted by molar-refractivity contribution is 5.90. The minimum absolute atomic E-state index is 0.140. The van der Waals surface area contributed by atoms with Gasteiger partial charge in [-0.3, -0.25) is 9.48 Å². The number of benzene rings is 1. The van der Waals surface area contributed by atoms with E-state index >= 15 is 0 Å². The summed E-state index contributed by atoms with van der Waals surface area (Å²) in [7, 11) is 0. The lowest BCUT2D eigenvalue weighted by Crippen LogP contribution is -2.12. The number of rotatable bonds is 8. The molecule has 0 radical (unpaired) electrons. The maximum atomic E-state index is 13.3. The Hall–Kier alpha value is -2.51. The Morgan fingerprint density at radius 3 is 2.87 bits per heavy atom. The highest BCUT2D eigenvalue weighted by Gasteiger charge is 2.08. The maximum Gasteiger partial charge on any atom is 0.257 e. The lowest BCUT2D eigenvalue weighted by molar-refractivity contribution is -0.116. The fourth-order valence-electron chi connectivity index (χ4n) is 1.87. The number of para-hydroxylation sites is 1. The molecule has 8 heteroatoms. The number of alkyl halides is 2. The average Bonchev–Trinajstić information content (AvgIpc) is 2.91. The van der Waals surface area contributed by atoms with Gasteiger partial charge in [-0.05, 0) is 18.6 Å². The molecule has 0 saturated heterocycles. The summed E-state index contributed by atoms with van der Waals surface area (Å²) in [6.07, 6.45) is 0.685. The summed E-state index contributed by atoms with van der Waals surface area (Å²) in [5, 5.41) is 6.26. The van der Waals surface area contributed by atoms with E-state index in [1.807, 2.05) is 0 Å². The Bertz CT molecular complexity index is 646. The van der Waals surface area contributed by atoms with Gasteiger partial charge in [-0.15, -0.1) is 0 Å². The number of ether oxygens (including phenoxy) is 1. The second-order valence-electron chi connectivity index (χ2n) is 4.77. The van der Waals surface area contributed by atoms with Crippen LogP contribution in [0.4, 0.5) is 18.9 Å². The molecule has 0 bridgehead atoms. The number of halogens is 3. The molecule has 0 unspecified atom stereocenters. The lowest BCUT2D eigenvalue weighted by atomic mass is 10.3. The van der Waals surface area contributed by atoms with E-state index in [2.05, 4.69) is 10.4 Å². The molecule has 0 spiro atoms. The Balaban J connectivity index is 1.69. The van der Waals surface area contributed by atoms with Crippen molar-refractivity contribution in [2.45, 2.75) is 25.8 Å². The topological polar surface area (TPSA) is 56.1 Å². The highest BCUT2D eigenvalue weighted by atomic mass is 19.3. The lowest BCUT2D eigenvalue weighted by Gasteiger charge is -2.06. The summed E-state index contributed by atoms with van der Waals surface area (Å²) < 4.78 is 43.9. The van der Waals surface area contributed by atoms with E-state index in [-0.39, 0.29) is 24.7 Å². The second kappa shape index (κ2) is 8.21. The van der Waals surface area contributed by atoms with Crippen molar-refractivity contribution < 1.29 is 22.7 Å². The van der Waals surface area contributed by atoms with Gasteiger partial charge in [0, 0.05) is 12.6 Å². The van der Waals surface area contributed by atoms with Crippen LogP contribution in [-0.4, -0.2) is 28.7 Å². The second-order valence-corrected chi connectivity index (χ2v) is 4.77. The van der Waals surface area contributed by atoms with Crippen molar-refractivity contribution in [3.8, 4) is 5.75 Å². The van der Waals surface area contributed by atoms with Crippen molar-refractivity contribution in [3.63, 3.8) is 0 Å². The number of hydrogen-bond acceptors (Lipinski definition) is 3. The fourth-order valence-corrected chi connectivity index (χ4v) is 1.87. The number of nitrogens with zero attached hydrogens (tertiary/aromatic N) is 2. The number of aromatic nitrogens is 2. The molecule has 1 aromatic carbocycles. The molecule has 1 heterocycles. The molecule has 0 aliphatic heterocycles. The number of amides is 1. The van der Waals surface area contributed by atoms with Crippen molar-refractivity contribution >= 4 is 11.6 Å². The first-order chi connectivity index (χ1) is 11.0. The van der Waals surface area contributed by atoms with Gasteiger partial charge in [0.15, 0.2) is 11.6 Å². The highest BCUT2D eigenvalue weighted by Crippen LogP contribution is 2.15. The largest absolute Gasteiger partial charge is 0.491 e. The van der Waals surface area contributed by atoms with Gasteiger partial charge in [0.25, 0.3) is 6.43 Å². The van der Waals surface area contributed by atoms with Gasteiger partial charge < -0.3 is 10.1 Å². The maximum absolute atomic E-state index is 13.3. The van der Waals surface area contributed by atoms with Crippen LogP contribution in [0, 0.1) is 5.82 Å². The molecular formula is C15H16F3N3O2. The van der Waals surface area contributed by atoms with Crippen LogP contribution >= 0.6 is 0 Å². The van der Waals surface area contributed by atoms with Crippen LogP contribution in [0.5, 0.6) is 5.75 Å². The van der Waals surface area contributed by atoms with E-state index in [4.69, 9.17) is 4.74 Å². The predicted octanol–water partition coefficient (Wildman–Crippen LogP) is 3.09. The molecule has 1 aromatic heterocycles. The first kappa shape index (κ1) is 16.9. The number of hydrogen-bond donors (Lipinski definition) is 1. The van der Waals surface area contributed by atoms with E-state index in [1.165, 1.54) is 24.5 Å².